The Morgan fingerprint density at radius 1 is 1.00 bits per heavy atom. The van der Waals surface area contributed by atoms with Crippen LogP contribution in [0, 0.1) is 10.2 Å². The molecular formula is C2H13ClN4O6S2. The van der Waals surface area contributed by atoms with Gasteiger partial charge in [0.2, 0.25) is 0 Å². The summed E-state index contributed by atoms with van der Waals surface area (Å²) in [5, 5.41) is -1.28. The molecule has 0 radical (unpaired) electrons. The largest absolute Gasteiger partial charge is 0.361 e. The summed E-state index contributed by atoms with van der Waals surface area (Å²) in [5.74, 6) is 0. The van der Waals surface area contributed by atoms with Crippen LogP contribution in [0.25, 0.3) is 0 Å². The van der Waals surface area contributed by atoms with Crippen LogP contribution in [-0.2, 0) is 0 Å². The van der Waals surface area contributed by atoms with Gasteiger partial charge in [-0.3, -0.25) is 9.59 Å². The van der Waals surface area contributed by atoms with E-state index < -0.39 is 20.7 Å². The Hall–Kier alpha value is -0.310. The van der Waals surface area contributed by atoms with E-state index in [1.165, 1.54) is 0 Å². The normalized spacial score (nSPS) is 7.33. The SMILES string of the molecule is N.N.NC(=O)S.NC(=O)S.[O-][Cl+3]([O-])([O-])O. The first-order chi connectivity index (χ1) is 5.46. The van der Waals surface area contributed by atoms with Gasteiger partial charge in [-0.15, -0.1) is 0 Å². The molecule has 0 aliphatic heterocycles. The van der Waals surface area contributed by atoms with Crippen LogP contribution in [0.3, 0.4) is 0 Å². The lowest BCUT2D eigenvalue weighted by atomic mass is 11.5. The Labute approximate surface area is 98.3 Å². The van der Waals surface area contributed by atoms with Gasteiger partial charge < -0.3 is 23.8 Å². The first-order valence-corrected chi connectivity index (χ1v) is 4.22. The third-order valence-corrected chi connectivity index (χ3v) is 0. The maximum absolute atomic E-state index is 9.09. The molecule has 0 aromatic heterocycles. The maximum Gasteiger partial charge on any atom is 0.273 e. The minimum atomic E-state index is -4.69. The topological polar surface area (TPSA) is 246 Å². The molecule has 0 atom stereocenters. The van der Waals surface area contributed by atoms with E-state index in [2.05, 4.69) is 36.7 Å². The molecule has 2 amide bonds. The number of primary amides is 2. The highest BCUT2D eigenvalue weighted by Gasteiger charge is 1.98. The zero-order chi connectivity index (χ0) is 11.7. The van der Waals surface area contributed by atoms with Gasteiger partial charge in [0.1, 0.15) is 0 Å². The lowest BCUT2D eigenvalue weighted by Gasteiger charge is -2.03. The van der Waals surface area contributed by atoms with Crippen LogP contribution in [0.15, 0.2) is 0 Å². The summed E-state index contributed by atoms with van der Waals surface area (Å²) < 4.78 is 32.7. The zero-order valence-corrected chi connectivity index (χ0v) is 9.87. The van der Waals surface area contributed by atoms with Crippen molar-refractivity contribution >= 4 is 35.7 Å². The fourth-order valence-electron chi connectivity index (χ4n) is 0. The molecule has 0 aliphatic rings. The summed E-state index contributed by atoms with van der Waals surface area (Å²) in [6, 6.07) is 0. The second kappa shape index (κ2) is 16.1. The molecule has 0 unspecified atom stereocenters. The molecule has 11 N–H and O–H groups in total. The fourth-order valence-corrected chi connectivity index (χ4v) is 0. The lowest BCUT2D eigenvalue weighted by Crippen LogP contribution is -2.58. The molecule has 10 nitrogen and oxygen atoms in total. The minimum absolute atomic E-state index is 0. The number of halogens is 1. The quantitative estimate of drug-likeness (QED) is 0.217. The van der Waals surface area contributed by atoms with Crippen LogP contribution in [0.1, 0.15) is 0 Å². The molecule has 0 spiro atoms. The van der Waals surface area contributed by atoms with Crippen molar-refractivity contribution in [1.82, 2.24) is 12.3 Å². The van der Waals surface area contributed by atoms with Crippen molar-refractivity contribution in [1.29, 1.82) is 0 Å². The molecule has 96 valence electrons. The number of amides is 2. The van der Waals surface area contributed by atoms with Crippen LogP contribution in [0.2, 0.25) is 0 Å². The summed E-state index contributed by atoms with van der Waals surface area (Å²) in [7, 11) is -4.69. The fraction of sp³-hybridized carbons (Fsp3) is 0. The van der Waals surface area contributed by atoms with Crippen LogP contribution >= 0.6 is 25.3 Å². The van der Waals surface area contributed by atoms with E-state index in [0.717, 1.165) is 0 Å². The number of nitrogens with two attached hydrogens (primary N) is 2. The molecule has 15 heavy (non-hydrogen) atoms. The minimum Gasteiger partial charge on any atom is -0.361 e. The summed E-state index contributed by atoms with van der Waals surface area (Å²) >= 11 is 6.21. The Morgan fingerprint density at radius 3 is 1.00 bits per heavy atom. The summed E-state index contributed by atoms with van der Waals surface area (Å²) in [5.41, 5.74) is 8.67. The van der Waals surface area contributed by atoms with Gasteiger partial charge in [-0.05, 0) is 0 Å². The van der Waals surface area contributed by atoms with Gasteiger partial charge >= 0.3 is 0 Å². The van der Waals surface area contributed by atoms with E-state index >= 15 is 0 Å². The molecule has 0 aromatic rings. The number of carbonyl (C=O) groups is 2. The molecule has 0 aromatic carbocycles. The highest BCUT2D eigenvalue weighted by atomic mass is 35.7. The summed E-state index contributed by atoms with van der Waals surface area (Å²) in [4.78, 5) is 18.2. The van der Waals surface area contributed by atoms with Crippen molar-refractivity contribution in [2.75, 3.05) is 0 Å². The van der Waals surface area contributed by atoms with Crippen molar-refractivity contribution in [2.24, 2.45) is 11.5 Å². The summed E-state index contributed by atoms with van der Waals surface area (Å²) in [6.07, 6.45) is 0. The van der Waals surface area contributed by atoms with E-state index in [1.807, 2.05) is 0 Å². The van der Waals surface area contributed by atoms with E-state index in [-0.39, 0.29) is 12.3 Å². The number of rotatable bonds is 0. The van der Waals surface area contributed by atoms with Crippen LogP contribution in [-0.4, -0.2) is 15.1 Å². The maximum atomic E-state index is 9.09. The molecule has 0 saturated carbocycles. The predicted octanol–water partition coefficient (Wildman–Crippen LogP) is -3.81. The van der Waals surface area contributed by atoms with E-state index in [1.54, 1.807) is 0 Å². The lowest BCUT2D eigenvalue weighted by molar-refractivity contribution is -1.92. The molecular weight excluding hydrogens is 276 g/mol. The van der Waals surface area contributed by atoms with Crippen molar-refractivity contribution in [3.05, 3.63) is 0 Å². The van der Waals surface area contributed by atoms with Gasteiger partial charge in [-0.25, -0.2) is 0 Å². The predicted molar refractivity (Wildman–Crippen MR) is 49.4 cm³/mol. The number of thiol groups is 2. The number of carbonyl (C=O) groups excluding carboxylic acids is 2. The number of hydrogen-bond acceptors (Lipinski definition) is 8. The van der Waals surface area contributed by atoms with Crippen LogP contribution in [0.4, 0.5) is 9.59 Å². The molecule has 0 aliphatic carbocycles. The van der Waals surface area contributed by atoms with Crippen molar-refractivity contribution < 1.29 is 38.5 Å². The first kappa shape index (κ1) is 29.3. The molecule has 0 saturated heterocycles. The smallest absolute Gasteiger partial charge is 0.273 e. The Bertz CT molecular complexity index is 138. The monoisotopic (exact) mass is 288 g/mol. The second-order valence-corrected chi connectivity index (χ2v) is 2.75. The Kier molecular flexibility index (Phi) is 31.5. The van der Waals surface area contributed by atoms with Crippen molar-refractivity contribution in [3.63, 3.8) is 0 Å². The van der Waals surface area contributed by atoms with Gasteiger partial charge in [-0.1, -0.05) is 25.3 Å². The molecule has 0 rings (SSSR count). The summed E-state index contributed by atoms with van der Waals surface area (Å²) in [6.45, 7) is 0. The van der Waals surface area contributed by atoms with E-state index in [0.29, 0.717) is 0 Å². The van der Waals surface area contributed by atoms with E-state index in [4.69, 9.17) is 28.2 Å². The second-order valence-electron chi connectivity index (χ2n) is 1.07. The average Bonchev–Trinajstić information content (AvgIpc) is 1.50. The third-order valence-electron chi connectivity index (χ3n) is 0. The zero-order valence-electron chi connectivity index (χ0n) is 7.33. The molecule has 0 bridgehead atoms. The number of hydrogen-bond donors (Lipinski definition) is 7. The highest BCUT2D eigenvalue weighted by Crippen LogP contribution is 1.61. The van der Waals surface area contributed by atoms with Crippen molar-refractivity contribution in [2.45, 2.75) is 0 Å². The van der Waals surface area contributed by atoms with Crippen molar-refractivity contribution in [3.8, 4) is 0 Å². The molecule has 13 heteroatoms. The van der Waals surface area contributed by atoms with Gasteiger partial charge in [0.15, 0.2) is 0 Å². The Morgan fingerprint density at radius 2 is 1.00 bits per heavy atom. The molecule has 0 fully saturated rings. The van der Waals surface area contributed by atoms with E-state index in [9.17, 15) is 0 Å². The van der Waals surface area contributed by atoms with Gasteiger partial charge in [0, 0.05) is 0 Å². The standard InChI is InChI=1S/2CH3NOS.ClHO4.2H3N/c2*2-1(3)4;2-1(3,4)5;;/h2*(H3,2,3,4);(H,2,3,4,5);2*1H3. The first-order valence-electron chi connectivity index (χ1n) is 2.06. The van der Waals surface area contributed by atoms with Gasteiger partial charge in [0.25, 0.3) is 10.5 Å². The average molecular weight is 289 g/mol. The van der Waals surface area contributed by atoms with Gasteiger partial charge in [-0.2, -0.15) is 14.0 Å². The highest BCUT2D eigenvalue weighted by molar-refractivity contribution is 7.96. The molecule has 0 heterocycles. The van der Waals surface area contributed by atoms with Crippen LogP contribution < -0.4 is 37.7 Å². The Balaban J connectivity index is -0.0000000315. The third kappa shape index (κ3) is 19500. The van der Waals surface area contributed by atoms with Crippen LogP contribution in [0.5, 0.6) is 0 Å². The van der Waals surface area contributed by atoms with Gasteiger partial charge in [0.05, 0.1) is 14.9 Å².